The fourth-order valence-electron chi connectivity index (χ4n) is 2.30. The predicted octanol–water partition coefficient (Wildman–Crippen LogP) is 4.63. The Morgan fingerprint density at radius 2 is 2.25 bits per heavy atom. The van der Waals surface area contributed by atoms with Gasteiger partial charge in [-0.2, -0.15) is 0 Å². The molecule has 0 aliphatic rings. The molecule has 104 valence electrons. The summed E-state index contributed by atoms with van der Waals surface area (Å²) in [4.78, 5) is 4.48. The summed E-state index contributed by atoms with van der Waals surface area (Å²) < 4.78 is 6.60. The van der Waals surface area contributed by atoms with Crippen LogP contribution in [0.5, 0.6) is 0 Å². The Morgan fingerprint density at radius 1 is 1.35 bits per heavy atom. The summed E-state index contributed by atoms with van der Waals surface area (Å²) >= 11 is 1.74. The summed E-state index contributed by atoms with van der Waals surface area (Å²) in [7, 11) is 0. The lowest BCUT2D eigenvalue weighted by Gasteiger charge is -2.14. The van der Waals surface area contributed by atoms with Crippen LogP contribution in [0.1, 0.15) is 24.1 Å². The van der Waals surface area contributed by atoms with E-state index in [0.29, 0.717) is 6.04 Å². The maximum absolute atomic E-state index is 5.36. The second-order valence-corrected chi connectivity index (χ2v) is 6.31. The van der Waals surface area contributed by atoms with Crippen molar-refractivity contribution in [2.24, 2.45) is 0 Å². The van der Waals surface area contributed by atoms with Gasteiger partial charge >= 0.3 is 0 Å². The molecule has 1 atom stereocenters. The minimum absolute atomic E-state index is 0.409. The molecule has 0 amide bonds. The van der Waals surface area contributed by atoms with Crippen LogP contribution in [0.2, 0.25) is 0 Å². The molecule has 3 nitrogen and oxygen atoms in total. The molecule has 0 bridgehead atoms. The van der Waals surface area contributed by atoms with E-state index >= 15 is 0 Å². The lowest BCUT2D eigenvalue weighted by molar-refractivity contribution is 0.495. The molecule has 1 aromatic carbocycles. The van der Waals surface area contributed by atoms with Crippen molar-refractivity contribution in [3.63, 3.8) is 0 Å². The molecule has 4 heteroatoms. The van der Waals surface area contributed by atoms with Crippen LogP contribution in [-0.4, -0.2) is 11.0 Å². The molecule has 1 N–H and O–H groups in total. The van der Waals surface area contributed by atoms with Gasteiger partial charge in [0.25, 0.3) is 0 Å². The summed E-state index contributed by atoms with van der Waals surface area (Å²) in [6.07, 6.45) is 3.74. The predicted molar refractivity (Wildman–Crippen MR) is 84.5 cm³/mol. The lowest BCUT2D eigenvalue weighted by Crippen LogP contribution is -2.15. The van der Waals surface area contributed by atoms with E-state index in [1.807, 2.05) is 19.1 Å². The Hall–Kier alpha value is -1.81. The second-order valence-electron chi connectivity index (χ2n) is 5.08. The van der Waals surface area contributed by atoms with Gasteiger partial charge in [-0.15, -0.1) is 11.3 Å². The van der Waals surface area contributed by atoms with Crippen molar-refractivity contribution in [1.82, 2.24) is 4.98 Å². The van der Waals surface area contributed by atoms with Gasteiger partial charge in [-0.1, -0.05) is 0 Å². The number of benzene rings is 1. The Balaban J connectivity index is 1.63. The van der Waals surface area contributed by atoms with Crippen LogP contribution in [0.4, 0.5) is 5.69 Å². The molecular formula is C16H18N2OS. The summed E-state index contributed by atoms with van der Waals surface area (Å²) in [5, 5.41) is 4.66. The van der Waals surface area contributed by atoms with Crippen LogP contribution in [-0.2, 0) is 6.42 Å². The lowest BCUT2D eigenvalue weighted by atomic mass is 10.1. The summed E-state index contributed by atoms with van der Waals surface area (Å²) in [5.74, 6) is 1.05. The van der Waals surface area contributed by atoms with Gasteiger partial charge in [0.1, 0.15) is 5.76 Å². The Kier molecular flexibility index (Phi) is 3.74. The van der Waals surface area contributed by atoms with Crippen LogP contribution >= 0.6 is 11.3 Å². The third kappa shape index (κ3) is 3.02. The summed E-state index contributed by atoms with van der Waals surface area (Å²) in [6.45, 7) is 4.24. The van der Waals surface area contributed by atoms with Crippen LogP contribution in [0.3, 0.4) is 0 Å². The molecule has 20 heavy (non-hydrogen) atoms. The molecular weight excluding hydrogens is 268 g/mol. The minimum atomic E-state index is 0.409. The van der Waals surface area contributed by atoms with E-state index in [1.54, 1.807) is 17.6 Å². The van der Waals surface area contributed by atoms with Crippen LogP contribution in [0.25, 0.3) is 10.2 Å². The number of furan rings is 1. The van der Waals surface area contributed by atoms with Gasteiger partial charge in [-0.3, -0.25) is 0 Å². The van der Waals surface area contributed by atoms with E-state index in [4.69, 9.17) is 4.42 Å². The second kappa shape index (κ2) is 5.67. The largest absolute Gasteiger partial charge is 0.469 e. The number of aryl methyl sites for hydroxylation is 2. The number of thiazole rings is 1. The minimum Gasteiger partial charge on any atom is -0.469 e. The van der Waals surface area contributed by atoms with Gasteiger partial charge in [0, 0.05) is 18.2 Å². The van der Waals surface area contributed by atoms with Crippen LogP contribution in [0, 0.1) is 6.92 Å². The fourth-order valence-corrected chi connectivity index (χ4v) is 3.17. The molecule has 0 saturated carbocycles. The van der Waals surface area contributed by atoms with Crippen LogP contribution in [0.15, 0.2) is 41.0 Å². The maximum atomic E-state index is 5.36. The average Bonchev–Trinajstić information content (AvgIpc) is 3.04. The van der Waals surface area contributed by atoms with Crippen molar-refractivity contribution in [2.75, 3.05) is 5.32 Å². The molecule has 3 rings (SSSR count). The SMILES string of the molecule is Cc1nc2ccc(NC(C)CCc3ccco3)cc2s1. The smallest absolute Gasteiger partial charge is 0.103 e. The zero-order chi connectivity index (χ0) is 13.9. The van der Waals surface area contributed by atoms with E-state index in [9.17, 15) is 0 Å². The number of fused-ring (bicyclic) bond motifs is 1. The maximum Gasteiger partial charge on any atom is 0.103 e. The Labute approximate surface area is 122 Å². The molecule has 0 aliphatic carbocycles. The number of aromatic nitrogens is 1. The van der Waals surface area contributed by atoms with E-state index < -0.39 is 0 Å². The van der Waals surface area contributed by atoms with E-state index in [0.717, 1.165) is 34.8 Å². The van der Waals surface area contributed by atoms with Crippen molar-refractivity contribution in [3.05, 3.63) is 47.4 Å². The molecule has 0 saturated heterocycles. The first-order valence-electron chi connectivity index (χ1n) is 6.87. The number of hydrogen-bond donors (Lipinski definition) is 1. The van der Waals surface area contributed by atoms with E-state index in [2.05, 4.69) is 35.4 Å². The molecule has 1 unspecified atom stereocenters. The number of nitrogens with zero attached hydrogens (tertiary/aromatic N) is 1. The van der Waals surface area contributed by atoms with Crippen molar-refractivity contribution in [1.29, 1.82) is 0 Å². The number of anilines is 1. The summed E-state index contributed by atoms with van der Waals surface area (Å²) in [5.41, 5.74) is 2.24. The first kappa shape index (κ1) is 13.2. The molecule has 0 spiro atoms. The van der Waals surface area contributed by atoms with Crippen molar-refractivity contribution < 1.29 is 4.42 Å². The van der Waals surface area contributed by atoms with Crippen molar-refractivity contribution in [2.45, 2.75) is 32.7 Å². The molecule has 0 aliphatic heterocycles. The normalized spacial score (nSPS) is 12.7. The first-order valence-corrected chi connectivity index (χ1v) is 7.68. The van der Waals surface area contributed by atoms with E-state index in [1.165, 1.54) is 4.70 Å². The van der Waals surface area contributed by atoms with Gasteiger partial charge in [0.15, 0.2) is 0 Å². The van der Waals surface area contributed by atoms with Gasteiger partial charge in [-0.05, 0) is 50.6 Å². The van der Waals surface area contributed by atoms with Gasteiger partial charge in [-0.25, -0.2) is 4.98 Å². The highest BCUT2D eigenvalue weighted by Gasteiger charge is 2.06. The molecule has 0 radical (unpaired) electrons. The number of nitrogens with one attached hydrogen (secondary N) is 1. The highest BCUT2D eigenvalue weighted by atomic mass is 32.1. The van der Waals surface area contributed by atoms with Crippen molar-refractivity contribution >= 4 is 27.2 Å². The van der Waals surface area contributed by atoms with Crippen molar-refractivity contribution in [3.8, 4) is 0 Å². The topological polar surface area (TPSA) is 38.1 Å². The molecule has 3 aromatic rings. The number of rotatable bonds is 5. The monoisotopic (exact) mass is 286 g/mol. The standard InChI is InChI=1S/C16H18N2OS/c1-11(5-7-14-4-3-9-19-14)17-13-6-8-15-16(10-13)20-12(2)18-15/h3-4,6,8-11,17H,5,7H2,1-2H3. The quantitative estimate of drug-likeness (QED) is 0.743. The van der Waals surface area contributed by atoms with Gasteiger partial charge < -0.3 is 9.73 Å². The van der Waals surface area contributed by atoms with Gasteiger partial charge in [0.2, 0.25) is 0 Å². The van der Waals surface area contributed by atoms with E-state index in [-0.39, 0.29) is 0 Å². The van der Waals surface area contributed by atoms with Crippen LogP contribution < -0.4 is 5.32 Å². The first-order chi connectivity index (χ1) is 9.70. The Morgan fingerprint density at radius 3 is 3.05 bits per heavy atom. The summed E-state index contributed by atoms with van der Waals surface area (Å²) in [6, 6.07) is 10.7. The van der Waals surface area contributed by atoms with Gasteiger partial charge in [0.05, 0.1) is 21.5 Å². The Bertz CT molecular complexity index is 688. The molecule has 2 heterocycles. The highest BCUT2D eigenvalue weighted by Crippen LogP contribution is 2.25. The zero-order valence-corrected chi connectivity index (χ0v) is 12.5. The zero-order valence-electron chi connectivity index (χ0n) is 11.7. The fraction of sp³-hybridized carbons (Fsp3) is 0.312. The third-order valence-electron chi connectivity index (χ3n) is 3.31. The third-order valence-corrected chi connectivity index (χ3v) is 4.25. The average molecular weight is 286 g/mol. The molecule has 2 aromatic heterocycles. The highest BCUT2D eigenvalue weighted by molar-refractivity contribution is 7.18. The number of hydrogen-bond acceptors (Lipinski definition) is 4. The molecule has 0 fully saturated rings.